The van der Waals surface area contributed by atoms with Crippen LogP contribution in [0.1, 0.15) is 0 Å². The molecule has 0 bridgehead atoms. The van der Waals surface area contributed by atoms with Gasteiger partial charge < -0.3 is 18.8 Å². The first-order valence-corrected chi connectivity index (χ1v) is 24.7. The molecular weight excluding hydrogens is 859 g/mol. The van der Waals surface area contributed by atoms with Gasteiger partial charge in [-0.2, -0.15) is 0 Å². The molecule has 0 spiro atoms. The summed E-state index contributed by atoms with van der Waals surface area (Å²) in [5.74, 6) is 0. The average Bonchev–Trinajstić information content (AvgIpc) is 3.41. The monoisotopic (exact) mass is 904 g/mol. The van der Waals surface area contributed by atoms with Crippen molar-refractivity contribution in [3.05, 3.63) is 255 Å². The van der Waals surface area contributed by atoms with Gasteiger partial charge in [-0.25, -0.2) is 0 Å². The van der Waals surface area contributed by atoms with E-state index in [1.807, 2.05) is 97.1 Å². The van der Waals surface area contributed by atoms with Crippen LogP contribution in [0.15, 0.2) is 255 Å². The van der Waals surface area contributed by atoms with E-state index < -0.39 is 16.8 Å². The van der Waals surface area contributed by atoms with Crippen molar-refractivity contribution in [2.45, 2.75) is 0 Å². The fraction of sp³-hybridized carbons (Fsp3) is 0.0164. The fourth-order valence-corrected chi connectivity index (χ4v) is 11.0. The molecule has 0 amide bonds. The van der Waals surface area contributed by atoms with Crippen LogP contribution in [0.3, 0.4) is 0 Å². The minimum atomic E-state index is -2.26. The summed E-state index contributed by atoms with van der Waals surface area (Å²) in [7, 11) is -4.51. The molecule has 0 radical (unpaired) electrons. The number of hydrogen-bond donors (Lipinski definition) is 2. The molecule has 0 saturated carbocycles. The molecule has 0 aliphatic heterocycles. The lowest BCUT2D eigenvalue weighted by Gasteiger charge is -2.24. The number of benzene rings is 10. The standard InChI is InChI=1S/C61H46O4P2/c62-66(58-41-21-39-56(52-35-17-13-31-48(52)44-23-5-1-6-24-44)60(58)54-37-19-15-33-50(54)46-27-9-3-10-28-46)64-43-65-67(63)59-42-22-40-57(53-36-18-14-32-49(53)45-25-7-2-8-26-45)61(59)55-38-20-16-34-51(55)47-29-11-4-12-30-47/h1-42,62-63H,43H2. The molecule has 6 heteroatoms. The van der Waals surface area contributed by atoms with Crippen molar-refractivity contribution in [2.24, 2.45) is 0 Å². The quantitative estimate of drug-likeness (QED) is 0.0843. The van der Waals surface area contributed by atoms with Gasteiger partial charge in [-0.1, -0.05) is 243 Å². The lowest BCUT2D eigenvalue weighted by Crippen LogP contribution is -2.12. The summed E-state index contributed by atoms with van der Waals surface area (Å²) in [6.07, 6.45) is 0. The Hall–Kier alpha value is -7.10. The summed E-state index contributed by atoms with van der Waals surface area (Å²) in [4.78, 5) is 24.6. The first-order valence-electron chi connectivity index (χ1n) is 22.2. The Balaban J connectivity index is 1.04. The SMILES string of the molecule is OP(OCOP(O)c1cccc(-c2ccccc2-c2ccccc2)c1-c1ccccc1-c1ccccc1)c1cccc(-c2ccccc2-c2ccccc2)c1-c1ccccc1-c1ccccc1. The highest BCUT2D eigenvalue weighted by atomic mass is 31.2. The maximum atomic E-state index is 12.3. The molecule has 2 N–H and O–H groups in total. The van der Waals surface area contributed by atoms with Gasteiger partial charge in [0, 0.05) is 21.7 Å². The number of hydrogen-bond acceptors (Lipinski definition) is 4. The Bertz CT molecular complexity index is 3030. The zero-order valence-electron chi connectivity index (χ0n) is 36.6. The summed E-state index contributed by atoms with van der Waals surface area (Å²) in [5, 5.41) is 1.28. The van der Waals surface area contributed by atoms with Crippen LogP contribution in [0.25, 0.3) is 89.0 Å². The van der Waals surface area contributed by atoms with E-state index in [0.29, 0.717) is 10.6 Å². The van der Waals surface area contributed by atoms with E-state index in [1.54, 1.807) is 0 Å². The second-order valence-electron chi connectivity index (χ2n) is 16.0. The van der Waals surface area contributed by atoms with Crippen molar-refractivity contribution in [2.75, 3.05) is 6.79 Å². The minimum Gasteiger partial charge on any atom is -0.346 e. The second-order valence-corrected chi connectivity index (χ2v) is 18.5. The van der Waals surface area contributed by atoms with E-state index in [2.05, 4.69) is 158 Å². The van der Waals surface area contributed by atoms with E-state index >= 15 is 0 Å². The van der Waals surface area contributed by atoms with Crippen LogP contribution < -0.4 is 10.6 Å². The first kappa shape index (κ1) is 43.8. The van der Waals surface area contributed by atoms with E-state index in [-0.39, 0.29) is 6.79 Å². The molecule has 4 nitrogen and oxygen atoms in total. The van der Waals surface area contributed by atoms with Crippen molar-refractivity contribution in [1.82, 2.24) is 0 Å². The predicted molar refractivity (Wildman–Crippen MR) is 281 cm³/mol. The van der Waals surface area contributed by atoms with Crippen LogP contribution in [0.4, 0.5) is 0 Å². The van der Waals surface area contributed by atoms with E-state index in [0.717, 1.165) is 89.0 Å². The van der Waals surface area contributed by atoms with Gasteiger partial charge in [-0.3, -0.25) is 0 Å². The van der Waals surface area contributed by atoms with Gasteiger partial charge >= 0.3 is 0 Å². The Kier molecular flexibility index (Phi) is 13.5. The molecule has 324 valence electrons. The molecule has 10 aromatic rings. The van der Waals surface area contributed by atoms with Gasteiger partial charge in [0.15, 0.2) is 6.79 Å². The van der Waals surface area contributed by atoms with Crippen molar-refractivity contribution in [1.29, 1.82) is 0 Å². The van der Waals surface area contributed by atoms with Crippen molar-refractivity contribution in [3.8, 4) is 89.0 Å². The second kappa shape index (κ2) is 20.6. The van der Waals surface area contributed by atoms with Crippen LogP contribution >= 0.6 is 16.8 Å². The van der Waals surface area contributed by atoms with Gasteiger partial charge in [0.1, 0.15) is 0 Å². The Morgan fingerprint density at radius 2 is 0.478 bits per heavy atom. The van der Waals surface area contributed by atoms with Crippen LogP contribution in [-0.2, 0) is 9.05 Å². The average molecular weight is 905 g/mol. The van der Waals surface area contributed by atoms with Gasteiger partial charge in [-0.05, 0) is 90.0 Å². The normalized spacial score (nSPS) is 12.1. The van der Waals surface area contributed by atoms with Crippen LogP contribution in [0, 0.1) is 0 Å². The molecule has 0 fully saturated rings. The van der Waals surface area contributed by atoms with Gasteiger partial charge in [0.05, 0.1) is 0 Å². The molecule has 10 rings (SSSR count). The van der Waals surface area contributed by atoms with E-state index in [4.69, 9.17) is 9.05 Å². The van der Waals surface area contributed by atoms with E-state index in [1.165, 1.54) is 0 Å². The zero-order chi connectivity index (χ0) is 45.4. The van der Waals surface area contributed by atoms with Crippen LogP contribution in [0.2, 0.25) is 0 Å². The molecule has 0 aliphatic carbocycles. The number of rotatable bonds is 14. The summed E-state index contributed by atoms with van der Waals surface area (Å²) < 4.78 is 12.6. The highest BCUT2D eigenvalue weighted by molar-refractivity contribution is 7.56. The summed E-state index contributed by atoms with van der Waals surface area (Å²) in [5.41, 5.74) is 16.2. The molecule has 2 atom stereocenters. The first-order chi connectivity index (χ1) is 33.1. The third-order valence-corrected chi connectivity index (χ3v) is 14.3. The topological polar surface area (TPSA) is 58.9 Å². The molecule has 0 aliphatic rings. The largest absolute Gasteiger partial charge is 0.346 e. The van der Waals surface area contributed by atoms with Crippen LogP contribution in [-0.4, -0.2) is 16.6 Å². The molecular formula is C61H46O4P2. The zero-order valence-corrected chi connectivity index (χ0v) is 38.4. The van der Waals surface area contributed by atoms with Crippen LogP contribution in [0.5, 0.6) is 0 Å². The maximum absolute atomic E-state index is 12.3. The Morgan fingerprint density at radius 1 is 0.239 bits per heavy atom. The summed E-state index contributed by atoms with van der Waals surface area (Å²) in [6.45, 7) is -0.348. The van der Waals surface area contributed by atoms with Gasteiger partial charge in [0.2, 0.25) is 16.8 Å². The molecule has 2 unspecified atom stereocenters. The van der Waals surface area contributed by atoms with Crippen molar-refractivity contribution < 1.29 is 18.8 Å². The summed E-state index contributed by atoms with van der Waals surface area (Å²) >= 11 is 0. The lowest BCUT2D eigenvalue weighted by molar-refractivity contribution is 0.128. The van der Waals surface area contributed by atoms with Gasteiger partial charge in [0.25, 0.3) is 0 Å². The van der Waals surface area contributed by atoms with Gasteiger partial charge in [-0.15, -0.1) is 0 Å². The fourth-order valence-electron chi connectivity index (χ4n) is 8.99. The predicted octanol–water partition coefficient (Wildman–Crippen LogP) is 15.6. The Labute approximate surface area is 394 Å². The summed E-state index contributed by atoms with van der Waals surface area (Å²) in [6, 6.07) is 86.8. The third kappa shape index (κ3) is 9.34. The maximum Gasteiger partial charge on any atom is 0.205 e. The highest BCUT2D eigenvalue weighted by Crippen LogP contribution is 2.48. The van der Waals surface area contributed by atoms with Crippen molar-refractivity contribution in [3.63, 3.8) is 0 Å². The molecule has 67 heavy (non-hydrogen) atoms. The Morgan fingerprint density at radius 3 is 0.791 bits per heavy atom. The molecule has 10 aromatic carbocycles. The van der Waals surface area contributed by atoms with Crippen molar-refractivity contribution >= 4 is 27.4 Å². The lowest BCUT2D eigenvalue weighted by atomic mass is 9.86. The molecule has 0 heterocycles. The van der Waals surface area contributed by atoms with E-state index in [9.17, 15) is 9.79 Å². The third-order valence-electron chi connectivity index (χ3n) is 12.0. The molecule has 0 aromatic heterocycles. The molecule has 0 saturated heterocycles. The minimum absolute atomic E-state index is 0.348. The highest BCUT2D eigenvalue weighted by Gasteiger charge is 2.26. The smallest absolute Gasteiger partial charge is 0.205 e.